The van der Waals surface area contributed by atoms with Gasteiger partial charge in [-0.05, 0) is 6.07 Å². The van der Waals surface area contributed by atoms with Crippen molar-refractivity contribution >= 4 is 21.6 Å². The summed E-state index contributed by atoms with van der Waals surface area (Å²) in [5.74, 6) is 0.0300. The zero-order chi connectivity index (χ0) is 9.35. The van der Waals surface area contributed by atoms with Crippen LogP contribution in [-0.2, 0) is 10.1 Å². The van der Waals surface area contributed by atoms with Gasteiger partial charge < -0.3 is 11.5 Å². The first-order valence-electron chi connectivity index (χ1n) is 2.90. The summed E-state index contributed by atoms with van der Waals surface area (Å²) in [6.07, 6.45) is 0.932. The van der Waals surface area contributed by atoms with Crippen LogP contribution in [0, 0.1) is 0 Å². The zero-order valence-corrected chi connectivity index (χ0v) is 6.75. The van der Waals surface area contributed by atoms with E-state index in [0.717, 1.165) is 12.3 Å². The van der Waals surface area contributed by atoms with Crippen molar-refractivity contribution in [1.29, 1.82) is 0 Å². The van der Waals surface area contributed by atoms with Gasteiger partial charge in [0.2, 0.25) is 0 Å². The minimum Gasteiger partial charge on any atom is -0.396 e. The van der Waals surface area contributed by atoms with E-state index in [0.29, 0.717) is 0 Å². The van der Waals surface area contributed by atoms with E-state index in [4.69, 9.17) is 16.0 Å². The summed E-state index contributed by atoms with van der Waals surface area (Å²) in [7, 11) is -4.24. The molecule has 0 aliphatic heterocycles. The highest BCUT2D eigenvalue weighted by Gasteiger charge is 2.10. The van der Waals surface area contributed by atoms with Crippen LogP contribution < -0.4 is 11.5 Å². The number of nitrogen functional groups attached to an aromatic ring is 2. The largest absolute Gasteiger partial charge is 0.396 e. The molecule has 0 aromatic carbocycles. The van der Waals surface area contributed by atoms with E-state index < -0.39 is 10.1 Å². The lowest BCUT2D eigenvalue weighted by Gasteiger charge is -2.00. The number of pyridine rings is 1. The maximum Gasteiger partial charge on any atom is 0.296 e. The summed E-state index contributed by atoms with van der Waals surface area (Å²) in [6, 6.07) is 1.04. The van der Waals surface area contributed by atoms with Crippen LogP contribution in [0.2, 0.25) is 0 Å². The Balaban J connectivity index is 3.33. The van der Waals surface area contributed by atoms with Gasteiger partial charge >= 0.3 is 0 Å². The van der Waals surface area contributed by atoms with Gasteiger partial charge in [-0.25, -0.2) is 4.98 Å². The molecule has 0 amide bonds. The van der Waals surface area contributed by atoms with E-state index in [2.05, 4.69) is 4.98 Å². The topological polar surface area (TPSA) is 119 Å². The van der Waals surface area contributed by atoms with Crippen molar-refractivity contribution in [2.24, 2.45) is 0 Å². The number of nitrogens with zero attached hydrogens (tertiary/aromatic N) is 1. The van der Waals surface area contributed by atoms with Crippen LogP contribution in [0.4, 0.5) is 11.5 Å². The molecule has 0 aliphatic carbocycles. The van der Waals surface area contributed by atoms with Gasteiger partial charge in [0.25, 0.3) is 10.1 Å². The summed E-state index contributed by atoms with van der Waals surface area (Å²) >= 11 is 0. The second-order valence-electron chi connectivity index (χ2n) is 2.12. The number of hydrogen-bond acceptors (Lipinski definition) is 5. The van der Waals surface area contributed by atoms with E-state index >= 15 is 0 Å². The van der Waals surface area contributed by atoms with E-state index in [-0.39, 0.29) is 16.4 Å². The average Bonchev–Trinajstić information content (AvgIpc) is 1.92. The van der Waals surface area contributed by atoms with Crippen LogP contribution in [0.25, 0.3) is 0 Å². The van der Waals surface area contributed by atoms with Crippen LogP contribution in [0.1, 0.15) is 0 Å². The molecule has 0 bridgehead atoms. The molecule has 66 valence electrons. The molecule has 0 atom stereocenters. The van der Waals surface area contributed by atoms with Crippen LogP contribution >= 0.6 is 0 Å². The molecule has 0 aliphatic rings. The molecule has 1 aromatic rings. The highest BCUT2D eigenvalue weighted by atomic mass is 32.2. The molecule has 5 N–H and O–H groups in total. The summed E-state index contributed by atoms with van der Waals surface area (Å²) in [6.45, 7) is 0. The average molecular weight is 189 g/mol. The van der Waals surface area contributed by atoms with Crippen molar-refractivity contribution in [2.75, 3.05) is 11.5 Å². The van der Waals surface area contributed by atoms with E-state index in [1.54, 1.807) is 0 Å². The maximum atomic E-state index is 10.5. The van der Waals surface area contributed by atoms with Crippen molar-refractivity contribution in [2.45, 2.75) is 4.90 Å². The second-order valence-corrected chi connectivity index (χ2v) is 3.54. The predicted octanol–water partition coefficient (Wildman–Crippen LogP) is -0.507. The summed E-state index contributed by atoms with van der Waals surface area (Å²) in [5, 5.41) is 0. The quantitative estimate of drug-likeness (QED) is 0.512. The number of hydrogen-bond donors (Lipinski definition) is 3. The first-order chi connectivity index (χ1) is 5.41. The molecule has 0 radical (unpaired) electrons. The normalized spacial score (nSPS) is 11.4. The molecule has 1 rings (SSSR count). The molecule has 0 saturated heterocycles. The van der Waals surface area contributed by atoms with Gasteiger partial charge in [-0.3, -0.25) is 4.55 Å². The number of nitrogens with two attached hydrogens (primary N) is 2. The first kappa shape index (κ1) is 8.75. The van der Waals surface area contributed by atoms with E-state index in [1.807, 2.05) is 0 Å². The third kappa shape index (κ3) is 1.63. The first-order valence-corrected chi connectivity index (χ1v) is 4.34. The lowest BCUT2D eigenvalue weighted by molar-refractivity contribution is 0.483. The minimum absolute atomic E-state index is 0.0186. The standard InChI is InChI=1S/C5H7N3O3S/c6-4-1-3(12(9,10)11)2-8-5(4)7/h1-2H,6H2,(H2,7,8)(H,9,10,11). The Kier molecular flexibility index (Phi) is 1.90. The molecule has 12 heavy (non-hydrogen) atoms. The predicted molar refractivity (Wildman–Crippen MR) is 42.9 cm³/mol. The van der Waals surface area contributed by atoms with Crippen molar-refractivity contribution in [3.8, 4) is 0 Å². The highest BCUT2D eigenvalue weighted by molar-refractivity contribution is 7.85. The van der Waals surface area contributed by atoms with Gasteiger partial charge in [0.1, 0.15) is 10.7 Å². The van der Waals surface area contributed by atoms with Gasteiger partial charge in [0, 0.05) is 0 Å². The molecule has 0 spiro atoms. The zero-order valence-electron chi connectivity index (χ0n) is 5.93. The second kappa shape index (κ2) is 2.61. The fourth-order valence-corrected chi connectivity index (χ4v) is 1.08. The Morgan fingerprint density at radius 2 is 2.00 bits per heavy atom. The third-order valence-corrected chi connectivity index (χ3v) is 2.04. The minimum atomic E-state index is -4.24. The molecule has 0 saturated carbocycles. The maximum absolute atomic E-state index is 10.5. The lowest BCUT2D eigenvalue weighted by atomic mass is 10.4. The fourth-order valence-electron chi connectivity index (χ4n) is 0.613. The van der Waals surface area contributed by atoms with Gasteiger partial charge in [-0.2, -0.15) is 8.42 Å². The number of anilines is 2. The Morgan fingerprint density at radius 3 is 2.42 bits per heavy atom. The van der Waals surface area contributed by atoms with Crippen LogP contribution in [-0.4, -0.2) is 18.0 Å². The van der Waals surface area contributed by atoms with Gasteiger partial charge in [-0.1, -0.05) is 0 Å². The molecule has 6 nitrogen and oxygen atoms in total. The Hall–Kier alpha value is -1.34. The summed E-state index contributed by atoms with van der Waals surface area (Å²) < 4.78 is 29.6. The fraction of sp³-hybridized carbons (Fsp3) is 0. The Labute approximate surface area is 69.0 Å². The molecular formula is C5H7N3O3S. The lowest BCUT2D eigenvalue weighted by Crippen LogP contribution is -2.03. The van der Waals surface area contributed by atoms with Crippen molar-refractivity contribution in [1.82, 2.24) is 4.98 Å². The van der Waals surface area contributed by atoms with Crippen LogP contribution in [0.15, 0.2) is 17.2 Å². The summed E-state index contributed by atoms with van der Waals surface area (Å²) in [4.78, 5) is 3.09. The van der Waals surface area contributed by atoms with Gasteiger partial charge in [0.05, 0.1) is 11.9 Å². The Morgan fingerprint density at radius 1 is 1.42 bits per heavy atom. The van der Waals surface area contributed by atoms with Gasteiger partial charge in [-0.15, -0.1) is 0 Å². The summed E-state index contributed by atoms with van der Waals surface area (Å²) in [5.41, 5.74) is 10.5. The van der Waals surface area contributed by atoms with Gasteiger partial charge in [0.15, 0.2) is 0 Å². The highest BCUT2D eigenvalue weighted by Crippen LogP contribution is 2.15. The van der Waals surface area contributed by atoms with Crippen LogP contribution in [0.3, 0.4) is 0 Å². The molecule has 0 fully saturated rings. The van der Waals surface area contributed by atoms with E-state index in [9.17, 15) is 8.42 Å². The van der Waals surface area contributed by atoms with E-state index in [1.165, 1.54) is 0 Å². The number of aromatic nitrogens is 1. The monoisotopic (exact) mass is 189 g/mol. The molecule has 7 heteroatoms. The van der Waals surface area contributed by atoms with Crippen LogP contribution in [0.5, 0.6) is 0 Å². The Bertz CT molecular complexity index is 400. The third-order valence-electron chi connectivity index (χ3n) is 1.22. The SMILES string of the molecule is Nc1cc(S(=O)(=O)O)cnc1N. The molecule has 1 aromatic heterocycles. The smallest absolute Gasteiger partial charge is 0.296 e. The van der Waals surface area contributed by atoms with Crippen molar-refractivity contribution in [3.63, 3.8) is 0 Å². The molecule has 0 unspecified atom stereocenters. The molecule has 1 heterocycles. The van der Waals surface area contributed by atoms with Crippen molar-refractivity contribution in [3.05, 3.63) is 12.3 Å². The van der Waals surface area contributed by atoms with Crippen molar-refractivity contribution < 1.29 is 13.0 Å². The molecular weight excluding hydrogens is 182 g/mol. The number of rotatable bonds is 1.